The number of rotatable bonds is 3. The maximum absolute atomic E-state index is 11.8. The molecule has 0 fully saturated rings. The molecule has 0 bridgehead atoms. The van der Waals surface area contributed by atoms with Gasteiger partial charge in [0, 0.05) is 0 Å². The number of hydrogen-bond donors (Lipinski definition) is 3. The van der Waals surface area contributed by atoms with Crippen molar-refractivity contribution in [1.82, 2.24) is 5.43 Å². The van der Waals surface area contributed by atoms with Gasteiger partial charge in [-0.25, -0.2) is 5.43 Å². The molecule has 0 aliphatic rings. The van der Waals surface area contributed by atoms with Crippen molar-refractivity contribution in [3.8, 4) is 11.5 Å². The molecular formula is C15H14N2O3. The van der Waals surface area contributed by atoms with Gasteiger partial charge >= 0.3 is 0 Å². The van der Waals surface area contributed by atoms with E-state index in [9.17, 15) is 15.0 Å². The van der Waals surface area contributed by atoms with Gasteiger partial charge in [0.05, 0.1) is 11.3 Å². The van der Waals surface area contributed by atoms with Crippen molar-refractivity contribution in [3.63, 3.8) is 0 Å². The SMILES string of the molecule is C/C(=N\NC(=O)c1ccccc1O)c1ccc(O)cc1. The second-order valence-electron chi connectivity index (χ2n) is 4.20. The minimum atomic E-state index is -0.485. The minimum Gasteiger partial charge on any atom is -0.508 e. The lowest BCUT2D eigenvalue weighted by molar-refractivity contribution is 0.0952. The van der Waals surface area contributed by atoms with Gasteiger partial charge in [-0.15, -0.1) is 0 Å². The molecule has 0 aromatic heterocycles. The Morgan fingerprint density at radius 1 is 1.05 bits per heavy atom. The zero-order valence-corrected chi connectivity index (χ0v) is 10.9. The number of nitrogens with one attached hydrogen (secondary N) is 1. The zero-order chi connectivity index (χ0) is 14.5. The summed E-state index contributed by atoms with van der Waals surface area (Å²) >= 11 is 0. The monoisotopic (exact) mass is 270 g/mol. The van der Waals surface area contributed by atoms with E-state index in [1.165, 1.54) is 12.1 Å². The number of para-hydroxylation sites is 1. The first kappa shape index (κ1) is 13.6. The molecule has 2 rings (SSSR count). The maximum atomic E-state index is 11.8. The molecule has 2 aromatic carbocycles. The first-order valence-corrected chi connectivity index (χ1v) is 6.00. The number of nitrogens with zero attached hydrogens (tertiary/aromatic N) is 1. The molecular weight excluding hydrogens is 256 g/mol. The van der Waals surface area contributed by atoms with E-state index in [2.05, 4.69) is 10.5 Å². The molecule has 3 N–H and O–H groups in total. The lowest BCUT2D eigenvalue weighted by Gasteiger charge is -2.04. The minimum absolute atomic E-state index is 0.0949. The van der Waals surface area contributed by atoms with Crippen LogP contribution in [-0.2, 0) is 0 Å². The molecule has 0 aliphatic carbocycles. The molecule has 0 atom stereocenters. The highest BCUT2D eigenvalue weighted by atomic mass is 16.3. The summed E-state index contributed by atoms with van der Waals surface area (Å²) in [5.74, 6) is -0.413. The van der Waals surface area contributed by atoms with Crippen LogP contribution in [0.5, 0.6) is 11.5 Å². The van der Waals surface area contributed by atoms with E-state index in [1.807, 2.05) is 0 Å². The summed E-state index contributed by atoms with van der Waals surface area (Å²) in [5.41, 5.74) is 3.91. The van der Waals surface area contributed by atoms with E-state index < -0.39 is 5.91 Å². The van der Waals surface area contributed by atoms with Crippen LogP contribution >= 0.6 is 0 Å². The number of benzene rings is 2. The van der Waals surface area contributed by atoms with Gasteiger partial charge in [-0.2, -0.15) is 5.10 Å². The number of aromatic hydroxyl groups is 2. The molecule has 0 saturated carbocycles. The average molecular weight is 270 g/mol. The van der Waals surface area contributed by atoms with Crippen LogP contribution in [0.25, 0.3) is 0 Å². The molecule has 2 aromatic rings. The van der Waals surface area contributed by atoms with E-state index in [0.29, 0.717) is 5.71 Å². The van der Waals surface area contributed by atoms with Gasteiger partial charge < -0.3 is 10.2 Å². The van der Waals surface area contributed by atoms with Gasteiger partial charge in [-0.05, 0) is 48.9 Å². The van der Waals surface area contributed by atoms with Gasteiger partial charge in [-0.3, -0.25) is 4.79 Å². The van der Waals surface area contributed by atoms with Gasteiger partial charge in [0.2, 0.25) is 0 Å². The van der Waals surface area contributed by atoms with Crippen molar-refractivity contribution in [2.75, 3.05) is 0 Å². The normalized spacial score (nSPS) is 11.2. The third-order valence-corrected chi connectivity index (χ3v) is 2.76. The van der Waals surface area contributed by atoms with Crippen LogP contribution in [0.3, 0.4) is 0 Å². The Morgan fingerprint density at radius 2 is 1.70 bits per heavy atom. The largest absolute Gasteiger partial charge is 0.508 e. The smallest absolute Gasteiger partial charge is 0.275 e. The Labute approximate surface area is 116 Å². The Balaban J connectivity index is 2.11. The summed E-state index contributed by atoms with van der Waals surface area (Å²) in [6.07, 6.45) is 0. The van der Waals surface area contributed by atoms with Crippen molar-refractivity contribution in [2.45, 2.75) is 6.92 Å². The standard InChI is InChI=1S/C15H14N2O3/c1-10(11-6-8-12(18)9-7-11)16-17-15(20)13-4-2-3-5-14(13)19/h2-9,18-19H,1H3,(H,17,20)/b16-10+. The molecule has 0 unspecified atom stereocenters. The molecule has 5 nitrogen and oxygen atoms in total. The molecule has 102 valence electrons. The second kappa shape index (κ2) is 5.88. The zero-order valence-electron chi connectivity index (χ0n) is 10.9. The van der Waals surface area contributed by atoms with Crippen LogP contribution in [0.15, 0.2) is 53.6 Å². The summed E-state index contributed by atoms with van der Waals surface area (Å²) in [5, 5.41) is 22.7. The quantitative estimate of drug-likeness (QED) is 0.591. The average Bonchev–Trinajstić information content (AvgIpc) is 2.45. The number of phenols is 2. The van der Waals surface area contributed by atoms with E-state index >= 15 is 0 Å². The number of carbonyl (C=O) groups excluding carboxylic acids is 1. The van der Waals surface area contributed by atoms with Crippen molar-refractivity contribution in [2.24, 2.45) is 5.10 Å². The predicted molar refractivity (Wildman–Crippen MR) is 75.9 cm³/mol. The topological polar surface area (TPSA) is 81.9 Å². The van der Waals surface area contributed by atoms with E-state index in [1.54, 1.807) is 43.3 Å². The first-order chi connectivity index (χ1) is 9.58. The van der Waals surface area contributed by atoms with Gasteiger partial charge in [-0.1, -0.05) is 12.1 Å². The highest BCUT2D eigenvalue weighted by Crippen LogP contribution is 2.15. The Hall–Kier alpha value is -2.82. The second-order valence-corrected chi connectivity index (χ2v) is 4.20. The van der Waals surface area contributed by atoms with E-state index in [-0.39, 0.29) is 17.1 Å². The molecule has 5 heteroatoms. The summed E-state index contributed by atoms with van der Waals surface area (Å²) < 4.78 is 0. The van der Waals surface area contributed by atoms with Crippen molar-refractivity contribution in [1.29, 1.82) is 0 Å². The molecule has 0 radical (unpaired) electrons. The Kier molecular flexibility index (Phi) is 4.00. The van der Waals surface area contributed by atoms with E-state index in [4.69, 9.17) is 0 Å². The number of carbonyl (C=O) groups is 1. The third-order valence-electron chi connectivity index (χ3n) is 2.76. The fraction of sp³-hybridized carbons (Fsp3) is 0.0667. The van der Waals surface area contributed by atoms with Gasteiger partial charge in [0.25, 0.3) is 5.91 Å². The summed E-state index contributed by atoms with van der Waals surface area (Å²) in [4.78, 5) is 11.8. The molecule has 0 spiro atoms. The van der Waals surface area contributed by atoms with Crippen LogP contribution in [0.2, 0.25) is 0 Å². The number of amides is 1. The van der Waals surface area contributed by atoms with Crippen LogP contribution in [0, 0.1) is 0 Å². The lowest BCUT2D eigenvalue weighted by Crippen LogP contribution is -2.19. The summed E-state index contributed by atoms with van der Waals surface area (Å²) in [6, 6.07) is 12.7. The number of hydrogen-bond acceptors (Lipinski definition) is 4. The van der Waals surface area contributed by atoms with Crippen molar-refractivity contribution >= 4 is 11.6 Å². The highest BCUT2D eigenvalue weighted by Gasteiger charge is 2.09. The van der Waals surface area contributed by atoms with Crippen LogP contribution in [-0.4, -0.2) is 21.8 Å². The fourth-order valence-corrected chi connectivity index (χ4v) is 1.63. The summed E-state index contributed by atoms with van der Waals surface area (Å²) in [7, 11) is 0. The molecule has 0 heterocycles. The molecule has 0 saturated heterocycles. The Bertz CT molecular complexity index is 648. The lowest BCUT2D eigenvalue weighted by atomic mass is 10.1. The first-order valence-electron chi connectivity index (χ1n) is 6.00. The fourth-order valence-electron chi connectivity index (χ4n) is 1.63. The highest BCUT2D eigenvalue weighted by molar-refractivity contribution is 6.01. The molecule has 20 heavy (non-hydrogen) atoms. The third kappa shape index (κ3) is 3.14. The van der Waals surface area contributed by atoms with Gasteiger partial charge in [0.1, 0.15) is 11.5 Å². The molecule has 0 aliphatic heterocycles. The molecule has 1 amide bonds. The van der Waals surface area contributed by atoms with Gasteiger partial charge in [0.15, 0.2) is 0 Å². The van der Waals surface area contributed by atoms with Crippen molar-refractivity contribution in [3.05, 3.63) is 59.7 Å². The van der Waals surface area contributed by atoms with Crippen LogP contribution in [0.4, 0.5) is 0 Å². The van der Waals surface area contributed by atoms with Crippen LogP contribution < -0.4 is 5.43 Å². The number of phenolic OH excluding ortho intramolecular Hbond substituents is 2. The summed E-state index contributed by atoms with van der Waals surface area (Å²) in [6.45, 7) is 1.73. The van der Waals surface area contributed by atoms with Crippen LogP contribution in [0.1, 0.15) is 22.8 Å². The maximum Gasteiger partial charge on any atom is 0.275 e. The predicted octanol–water partition coefficient (Wildman–Crippen LogP) is 2.25. The Morgan fingerprint density at radius 3 is 2.35 bits per heavy atom. The van der Waals surface area contributed by atoms with Crippen molar-refractivity contribution < 1.29 is 15.0 Å². The van der Waals surface area contributed by atoms with E-state index in [0.717, 1.165) is 5.56 Å². The number of hydrazone groups is 1.